The summed E-state index contributed by atoms with van der Waals surface area (Å²) in [6.45, 7) is 0. The van der Waals surface area contributed by atoms with E-state index < -0.39 is 0 Å². The van der Waals surface area contributed by atoms with Crippen LogP contribution in [-0.4, -0.2) is 0 Å². The van der Waals surface area contributed by atoms with Crippen molar-refractivity contribution in [3.8, 4) is 55.6 Å². The van der Waals surface area contributed by atoms with Crippen LogP contribution in [0.25, 0.3) is 97.7 Å². The lowest BCUT2D eigenvalue weighted by Gasteiger charge is -2.15. The summed E-state index contributed by atoms with van der Waals surface area (Å²) in [6, 6.07) is 66.0. The summed E-state index contributed by atoms with van der Waals surface area (Å²) in [4.78, 5) is 0. The van der Waals surface area contributed by atoms with E-state index in [9.17, 15) is 0 Å². The molecular formula is C48H30OS. The van der Waals surface area contributed by atoms with Crippen molar-refractivity contribution in [2.75, 3.05) is 0 Å². The van der Waals surface area contributed by atoms with Crippen LogP contribution in [-0.2, 0) is 0 Å². The van der Waals surface area contributed by atoms with Crippen LogP contribution >= 0.6 is 11.3 Å². The molecule has 0 amide bonds. The Labute approximate surface area is 294 Å². The maximum Gasteiger partial charge on any atom is 0.135 e. The monoisotopic (exact) mass is 654 g/mol. The first-order chi connectivity index (χ1) is 24.7. The molecule has 8 aromatic carbocycles. The maximum atomic E-state index is 6.19. The summed E-state index contributed by atoms with van der Waals surface area (Å²) in [5.41, 5.74) is 13.7. The van der Waals surface area contributed by atoms with Crippen molar-refractivity contribution >= 4 is 53.4 Å². The van der Waals surface area contributed by atoms with Gasteiger partial charge in [-0.15, -0.1) is 11.3 Å². The molecule has 0 radical (unpaired) electrons. The number of fused-ring (bicyclic) bond motifs is 6. The van der Waals surface area contributed by atoms with Gasteiger partial charge in [0.15, 0.2) is 0 Å². The predicted molar refractivity (Wildman–Crippen MR) is 214 cm³/mol. The van der Waals surface area contributed by atoms with Gasteiger partial charge in [0.25, 0.3) is 0 Å². The quantitative estimate of drug-likeness (QED) is 0.180. The van der Waals surface area contributed by atoms with E-state index >= 15 is 0 Å². The molecule has 0 fully saturated rings. The Bertz CT molecular complexity index is 2660. The molecule has 0 N–H and O–H groups in total. The van der Waals surface area contributed by atoms with Crippen molar-refractivity contribution < 1.29 is 4.42 Å². The second kappa shape index (κ2) is 11.7. The largest absolute Gasteiger partial charge is 0.456 e. The van der Waals surface area contributed by atoms with Gasteiger partial charge < -0.3 is 4.42 Å². The molecule has 0 bridgehead atoms. The number of benzene rings is 8. The van der Waals surface area contributed by atoms with Crippen LogP contribution in [0.3, 0.4) is 0 Å². The lowest BCUT2D eigenvalue weighted by molar-refractivity contribution is 0.669. The minimum absolute atomic E-state index is 0.907. The van der Waals surface area contributed by atoms with Crippen LogP contribution in [0.4, 0.5) is 0 Å². The van der Waals surface area contributed by atoms with Crippen LogP contribution < -0.4 is 0 Å². The molecule has 2 heteroatoms. The second-order valence-electron chi connectivity index (χ2n) is 12.9. The van der Waals surface area contributed by atoms with Gasteiger partial charge in [0.2, 0.25) is 0 Å². The number of hydrogen-bond donors (Lipinski definition) is 0. The fraction of sp³-hybridized carbons (Fsp3) is 0. The number of rotatable bonds is 5. The SMILES string of the molecule is c1ccc(-c2cc(-c3cc(-c4ccccc4)cc(-c4ccc5sc6ccccc6c5c4)c3)cc(-c3ccc4oc5ccccc5c4c3)c2)cc1. The summed E-state index contributed by atoms with van der Waals surface area (Å²) in [5, 5.41) is 4.90. The smallest absolute Gasteiger partial charge is 0.135 e. The van der Waals surface area contributed by atoms with E-state index in [4.69, 9.17) is 4.42 Å². The molecule has 0 aliphatic carbocycles. The molecule has 0 saturated heterocycles. The van der Waals surface area contributed by atoms with Gasteiger partial charge in [-0.05, 0) is 128 Å². The van der Waals surface area contributed by atoms with Gasteiger partial charge in [-0.25, -0.2) is 0 Å². The van der Waals surface area contributed by atoms with Crippen molar-refractivity contribution in [1.82, 2.24) is 0 Å². The molecule has 50 heavy (non-hydrogen) atoms. The van der Waals surface area contributed by atoms with E-state index in [1.807, 2.05) is 23.5 Å². The number of hydrogen-bond acceptors (Lipinski definition) is 2. The van der Waals surface area contributed by atoms with Crippen LogP contribution in [0.2, 0.25) is 0 Å². The lowest BCUT2D eigenvalue weighted by atomic mass is 9.89. The van der Waals surface area contributed by atoms with E-state index in [1.54, 1.807) is 0 Å². The van der Waals surface area contributed by atoms with Crippen molar-refractivity contribution in [2.24, 2.45) is 0 Å². The predicted octanol–water partition coefficient (Wildman–Crippen LogP) is 14.3. The van der Waals surface area contributed by atoms with Gasteiger partial charge in [-0.1, -0.05) is 109 Å². The highest BCUT2D eigenvalue weighted by atomic mass is 32.1. The topological polar surface area (TPSA) is 13.1 Å². The second-order valence-corrected chi connectivity index (χ2v) is 14.0. The molecular weight excluding hydrogens is 625 g/mol. The first-order valence-corrected chi connectivity index (χ1v) is 17.8. The zero-order valence-corrected chi connectivity index (χ0v) is 28.0. The van der Waals surface area contributed by atoms with Gasteiger partial charge in [0.05, 0.1) is 0 Å². The Morgan fingerprint density at radius 3 is 1.34 bits per heavy atom. The molecule has 1 nitrogen and oxygen atoms in total. The van der Waals surface area contributed by atoms with Gasteiger partial charge in [0.1, 0.15) is 11.2 Å². The molecule has 0 unspecified atom stereocenters. The number of furan rings is 1. The highest BCUT2D eigenvalue weighted by Gasteiger charge is 2.14. The molecule has 0 spiro atoms. The van der Waals surface area contributed by atoms with Crippen LogP contribution in [0.1, 0.15) is 0 Å². The van der Waals surface area contributed by atoms with Crippen LogP contribution in [0, 0.1) is 0 Å². The molecule has 234 valence electrons. The van der Waals surface area contributed by atoms with E-state index in [2.05, 4.69) is 170 Å². The zero-order chi connectivity index (χ0) is 33.0. The Hall–Kier alpha value is -6.22. The normalized spacial score (nSPS) is 11.6. The van der Waals surface area contributed by atoms with E-state index in [0.717, 1.165) is 27.5 Å². The summed E-state index contributed by atoms with van der Waals surface area (Å²) in [5.74, 6) is 0. The fourth-order valence-electron chi connectivity index (χ4n) is 7.33. The molecule has 0 aliphatic heterocycles. The summed E-state index contributed by atoms with van der Waals surface area (Å²) in [6.07, 6.45) is 0. The van der Waals surface area contributed by atoms with Crippen LogP contribution in [0.5, 0.6) is 0 Å². The molecule has 2 aromatic heterocycles. The third-order valence-electron chi connectivity index (χ3n) is 9.83. The summed E-state index contributed by atoms with van der Waals surface area (Å²) < 4.78 is 8.83. The molecule has 2 heterocycles. The van der Waals surface area contributed by atoms with Crippen molar-refractivity contribution in [2.45, 2.75) is 0 Å². The van der Waals surface area contributed by atoms with Crippen LogP contribution in [0.15, 0.2) is 186 Å². The number of thiophene rings is 1. The average molecular weight is 655 g/mol. The highest BCUT2D eigenvalue weighted by molar-refractivity contribution is 7.25. The third kappa shape index (κ3) is 5.01. The maximum absolute atomic E-state index is 6.19. The summed E-state index contributed by atoms with van der Waals surface area (Å²) in [7, 11) is 0. The van der Waals surface area contributed by atoms with Gasteiger partial charge in [-0.2, -0.15) is 0 Å². The van der Waals surface area contributed by atoms with Gasteiger partial charge in [0, 0.05) is 30.9 Å². The zero-order valence-electron chi connectivity index (χ0n) is 27.1. The molecule has 0 atom stereocenters. The fourth-order valence-corrected chi connectivity index (χ4v) is 8.41. The number of para-hydroxylation sites is 1. The lowest BCUT2D eigenvalue weighted by Crippen LogP contribution is -1.89. The van der Waals surface area contributed by atoms with Crippen molar-refractivity contribution in [3.63, 3.8) is 0 Å². The Morgan fingerprint density at radius 2 is 0.700 bits per heavy atom. The van der Waals surface area contributed by atoms with Crippen molar-refractivity contribution in [3.05, 3.63) is 182 Å². The third-order valence-corrected chi connectivity index (χ3v) is 11.0. The molecule has 0 aliphatic rings. The van der Waals surface area contributed by atoms with Crippen molar-refractivity contribution in [1.29, 1.82) is 0 Å². The first kappa shape index (κ1) is 28.8. The minimum Gasteiger partial charge on any atom is -0.456 e. The van der Waals surface area contributed by atoms with Gasteiger partial charge >= 0.3 is 0 Å². The average Bonchev–Trinajstić information content (AvgIpc) is 3.76. The molecule has 0 saturated carbocycles. The highest BCUT2D eigenvalue weighted by Crippen LogP contribution is 2.41. The van der Waals surface area contributed by atoms with Gasteiger partial charge in [-0.3, -0.25) is 0 Å². The Kier molecular flexibility index (Phi) is 6.75. The minimum atomic E-state index is 0.907. The van der Waals surface area contributed by atoms with E-state index in [0.29, 0.717) is 0 Å². The molecule has 10 aromatic rings. The summed E-state index contributed by atoms with van der Waals surface area (Å²) >= 11 is 1.86. The first-order valence-electron chi connectivity index (χ1n) is 17.0. The Morgan fingerprint density at radius 1 is 0.260 bits per heavy atom. The standard InChI is InChI=1S/C48H30OS/c1-3-11-31(12-4-1)35-23-37(33-19-21-46-43(29-33)41-15-7-9-17-45(41)49-46)27-39(25-35)40-26-36(32-13-5-2-6-14-32)24-38(28-40)34-20-22-48-44(30-34)42-16-8-10-18-47(42)50-48/h1-30H. The van der Waals surface area contributed by atoms with E-state index in [1.165, 1.54) is 70.2 Å². The van der Waals surface area contributed by atoms with E-state index in [-0.39, 0.29) is 0 Å². The molecule has 10 rings (SSSR count). The Balaban J connectivity index is 1.19.